The lowest BCUT2D eigenvalue weighted by Crippen LogP contribution is -2.26. The van der Waals surface area contributed by atoms with Crippen molar-refractivity contribution in [2.24, 2.45) is 0 Å². The Kier molecular flexibility index (Phi) is 7.57. The van der Waals surface area contributed by atoms with Crippen LogP contribution >= 0.6 is 11.6 Å². The highest BCUT2D eigenvalue weighted by Gasteiger charge is 2.16. The molecule has 2 N–H and O–H groups in total. The van der Waals surface area contributed by atoms with Crippen LogP contribution < -0.4 is 14.8 Å². The Hall–Kier alpha value is -2.24. The Morgan fingerprint density at radius 3 is 2.64 bits per heavy atom. The van der Waals surface area contributed by atoms with E-state index in [1.54, 1.807) is 25.1 Å². The second-order valence-electron chi connectivity index (χ2n) is 5.48. The molecule has 0 saturated heterocycles. The molecule has 0 aromatic heterocycles. The van der Waals surface area contributed by atoms with Gasteiger partial charge in [0.1, 0.15) is 18.1 Å². The molecule has 0 amide bonds. The predicted octanol–water partition coefficient (Wildman–Crippen LogP) is 3.75. The minimum atomic E-state index is -0.953. The van der Waals surface area contributed by atoms with Gasteiger partial charge >= 0.3 is 5.97 Å². The van der Waals surface area contributed by atoms with Gasteiger partial charge in [0.2, 0.25) is 0 Å². The quantitative estimate of drug-likeness (QED) is 0.629. The first-order valence-corrected chi connectivity index (χ1v) is 8.53. The predicted molar refractivity (Wildman–Crippen MR) is 97.4 cm³/mol. The molecule has 5 nitrogen and oxygen atoms in total. The number of rotatable bonds is 10. The second-order valence-corrected chi connectivity index (χ2v) is 5.92. The van der Waals surface area contributed by atoms with Crippen LogP contribution in [-0.2, 0) is 11.3 Å². The van der Waals surface area contributed by atoms with E-state index in [1.807, 2.05) is 30.3 Å². The van der Waals surface area contributed by atoms with Crippen molar-refractivity contribution < 1.29 is 19.4 Å². The molecule has 6 heteroatoms. The lowest BCUT2D eigenvalue weighted by Gasteiger charge is -2.14. The van der Waals surface area contributed by atoms with E-state index in [2.05, 4.69) is 5.32 Å². The van der Waals surface area contributed by atoms with Crippen LogP contribution in [0.2, 0.25) is 5.02 Å². The number of nitrogens with one attached hydrogen (secondary N) is 1. The summed E-state index contributed by atoms with van der Waals surface area (Å²) in [6.07, 6.45) is -0.407. The van der Waals surface area contributed by atoms with E-state index in [0.29, 0.717) is 36.9 Å². The number of carboxylic acid groups (broad SMARTS) is 1. The molecule has 0 bridgehead atoms. The van der Waals surface area contributed by atoms with Gasteiger partial charge in [0, 0.05) is 18.1 Å². The number of hydrogen-bond donors (Lipinski definition) is 2. The molecule has 0 fully saturated rings. The van der Waals surface area contributed by atoms with Crippen LogP contribution in [0.15, 0.2) is 48.5 Å². The zero-order valence-electron chi connectivity index (χ0n) is 14.1. The fourth-order valence-electron chi connectivity index (χ4n) is 2.21. The summed E-state index contributed by atoms with van der Waals surface area (Å²) < 4.78 is 11.1. The van der Waals surface area contributed by atoms with E-state index in [4.69, 9.17) is 26.2 Å². The van der Waals surface area contributed by atoms with Crippen LogP contribution in [-0.4, -0.2) is 30.3 Å². The van der Waals surface area contributed by atoms with Crippen molar-refractivity contribution in [1.29, 1.82) is 0 Å². The lowest BCUT2D eigenvalue weighted by atomic mass is 10.2. The van der Waals surface area contributed by atoms with E-state index in [9.17, 15) is 4.79 Å². The van der Waals surface area contributed by atoms with E-state index in [1.165, 1.54) is 0 Å². The maximum absolute atomic E-state index is 11.0. The Bertz CT molecular complexity index is 675. The van der Waals surface area contributed by atoms with E-state index < -0.39 is 12.1 Å². The molecule has 134 valence electrons. The van der Waals surface area contributed by atoms with E-state index >= 15 is 0 Å². The van der Waals surface area contributed by atoms with Gasteiger partial charge in [-0.25, -0.2) is 4.79 Å². The molecule has 0 radical (unpaired) electrons. The van der Waals surface area contributed by atoms with E-state index in [0.717, 1.165) is 11.3 Å². The average Bonchev–Trinajstić information content (AvgIpc) is 2.61. The molecule has 1 atom stereocenters. The van der Waals surface area contributed by atoms with Crippen molar-refractivity contribution in [3.63, 3.8) is 0 Å². The average molecular weight is 364 g/mol. The zero-order valence-corrected chi connectivity index (χ0v) is 14.8. The largest absolute Gasteiger partial charge is 0.492 e. The van der Waals surface area contributed by atoms with Gasteiger partial charge in [-0.1, -0.05) is 30.7 Å². The summed E-state index contributed by atoms with van der Waals surface area (Å²) in [5.74, 6) is 0.386. The highest BCUT2D eigenvalue weighted by molar-refractivity contribution is 6.30. The smallest absolute Gasteiger partial charge is 0.344 e. The molecule has 0 aliphatic heterocycles. The molecular weight excluding hydrogens is 342 g/mol. The van der Waals surface area contributed by atoms with Gasteiger partial charge in [-0.3, -0.25) is 0 Å². The van der Waals surface area contributed by atoms with Gasteiger partial charge in [0.25, 0.3) is 0 Å². The molecule has 2 aromatic carbocycles. The Balaban J connectivity index is 1.74. The summed E-state index contributed by atoms with van der Waals surface area (Å²) in [6, 6.07) is 14.7. The fraction of sp³-hybridized carbons (Fsp3) is 0.316. The molecular formula is C19H22ClNO4. The first-order chi connectivity index (χ1) is 12.1. The van der Waals surface area contributed by atoms with Crippen LogP contribution in [0.5, 0.6) is 11.5 Å². The number of benzene rings is 2. The molecule has 0 saturated carbocycles. The third-order valence-corrected chi connectivity index (χ3v) is 3.77. The van der Waals surface area contributed by atoms with E-state index in [-0.39, 0.29) is 0 Å². The Morgan fingerprint density at radius 2 is 1.96 bits per heavy atom. The summed E-state index contributed by atoms with van der Waals surface area (Å²) in [6.45, 7) is 3.64. The van der Waals surface area contributed by atoms with Crippen molar-refractivity contribution in [3.05, 3.63) is 59.1 Å². The minimum Gasteiger partial charge on any atom is -0.492 e. The van der Waals surface area contributed by atoms with Crippen molar-refractivity contribution in [2.45, 2.75) is 26.0 Å². The van der Waals surface area contributed by atoms with Crippen LogP contribution in [0.1, 0.15) is 18.9 Å². The van der Waals surface area contributed by atoms with Crippen molar-refractivity contribution in [2.75, 3.05) is 13.2 Å². The van der Waals surface area contributed by atoms with Crippen LogP contribution in [0.25, 0.3) is 0 Å². The molecule has 0 heterocycles. The van der Waals surface area contributed by atoms with Crippen molar-refractivity contribution in [3.8, 4) is 11.5 Å². The minimum absolute atomic E-state index is 0.417. The van der Waals surface area contributed by atoms with Crippen LogP contribution in [0, 0.1) is 0 Å². The van der Waals surface area contributed by atoms with Gasteiger partial charge < -0.3 is 19.9 Å². The SMILES string of the molecule is CCC(Oc1cccc(CNCCOc2ccc(Cl)cc2)c1)C(=O)O. The number of carbonyl (C=O) groups is 1. The summed E-state index contributed by atoms with van der Waals surface area (Å²) in [5.41, 5.74) is 1.02. The van der Waals surface area contributed by atoms with Gasteiger partial charge in [0.05, 0.1) is 0 Å². The molecule has 2 aromatic rings. The molecule has 25 heavy (non-hydrogen) atoms. The number of hydrogen-bond acceptors (Lipinski definition) is 4. The van der Waals surface area contributed by atoms with Crippen LogP contribution in [0.4, 0.5) is 0 Å². The standard InChI is InChI=1S/C19H22ClNO4/c1-2-18(19(22)23)25-17-5-3-4-14(12-17)13-21-10-11-24-16-8-6-15(20)7-9-16/h3-9,12,18,21H,2,10-11,13H2,1H3,(H,22,23). The monoisotopic (exact) mass is 363 g/mol. The highest BCUT2D eigenvalue weighted by Crippen LogP contribution is 2.17. The van der Waals surface area contributed by atoms with Crippen LogP contribution in [0.3, 0.4) is 0 Å². The first-order valence-electron chi connectivity index (χ1n) is 8.16. The maximum atomic E-state index is 11.0. The van der Waals surface area contributed by atoms with Gasteiger partial charge in [0.15, 0.2) is 6.10 Å². The highest BCUT2D eigenvalue weighted by atomic mass is 35.5. The number of aliphatic carboxylic acids is 1. The maximum Gasteiger partial charge on any atom is 0.344 e. The Labute approximate surface area is 152 Å². The summed E-state index contributed by atoms with van der Waals surface area (Å²) in [5, 5.41) is 13.0. The third-order valence-electron chi connectivity index (χ3n) is 3.51. The third kappa shape index (κ3) is 6.64. The molecule has 0 spiro atoms. The normalized spacial score (nSPS) is 11.8. The molecule has 2 rings (SSSR count). The molecule has 1 unspecified atom stereocenters. The summed E-state index contributed by atoms with van der Waals surface area (Å²) >= 11 is 5.82. The fourth-order valence-corrected chi connectivity index (χ4v) is 2.33. The van der Waals surface area contributed by atoms with Gasteiger partial charge in [-0.2, -0.15) is 0 Å². The molecule has 0 aliphatic rings. The Morgan fingerprint density at radius 1 is 1.20 bits per heavy atom. The zero-order chi connectivity index (χ0) is 18.1. The first kappa shape index (κ1) is 19.1. The summed E-state index contributed by atoms with van der Waals surface area (Å²) in [7, 11) is 0. The van der Waals surface area contributed by atoms with Gasteiger partial charge in [-0.05, 0) is 48.4 Å². The second kappa shape index (κ2) is 9.91. The lowest BCUT2D eigenvalue weighted by molar-refractivity contribution is -0.145. The number of halogens is 1. The number of ether oxygens (including phenoxy) is 2. The van der Waals surface area contributed by atoms with Crippen molar-refractivity contribution >= 4 is 17.6 Å². The number of carboxylic acids is 1. The van der Waals surface area contributed by atoms with Gasteiger partial charge in [-0.15, -0.1) is 0 Å². The van der Waals surface area contributed by atoms with Crippen molar-refractivity contribution in [1.82, 2.24) is 5.32 Å². The molecule has 0 aliphatic carbocycles. The topological polar surface area (TPSA) is 67.8 Å². The summed E-state index contributed by atoms with van der Waals surface area (Å²) in [4.78, 5) is 11.0.